The zero-order valence-corrected chi connectivity index (χ0v) is 12.6. The first-order valence-corrected chi connectivity index (χ1v) is 7.80. The summed E-state index contributed by atoms with van der Waals surface area (Å²) in [6.45, 7) is 5.47. The maximum Gasteiger partial charge on any atom is 0.165 e. The normalized spacial score (nSPS) is 16.6. The van der Waals surface area contributed by atoms with Gasteiger partial charge in [0.15, 0.2) is 11.6 Å². The van der Waals surface area contributed by atoms with Gasteiger partial charge in [-0.25, -0.2) is 4.39 Å². The summed E-state index contributed by atoms with van der Waals surface area (Å²) in [6, 6.07) is 5.55. The van der Waals surface area contributed by atoms with E-state index in [9.17, 15) is 4.39 Å². The van der Waals surface area contributed by atoms with Crippen LogP contribution < -0.4 is 10.1 Å². The van der Waals surface area contributed by atoms with Gasteiger partial charge in [0.25, 0.3) is 0 Å². The van der Waals surface area contributed by atoms with E-state index in [1.807, 2.05) is 6.07 Å². The highest BCUT2D eigenvalue weighted by Gasteiger charge is 2.16. The third-order valence-electron chi connectivity index (χ3n) is 3.94. The molecule has 0 heterocycles. The van der Waals surface area contributed by atoms with E-state index in [2.05, 4.69) is 19.2 Å². The molecule has 0 radical (unpaired) electrons. The van der Waals surface area contributed by atoms with E-state index >= 15 is 0 Å². The van der Waals surface area contributed by atoms with Crippen molar-refractivity contribution in [3.8, 4) is 5.75 Å². The predicted octanol–water partition coefficient (Wildman–Crippen LogP) is 4.28. The van der Waals surface area contributed by atoms with Crippen LogP contribution >= 0.6 is 0 Å². The minimum absolute atomic E-state index is 0.246. The fraction of sp³-hybridized carbons (Fsp3) is 0.647. The smallest absolute Gasteiger partial charge is 0.165 e. The largest absolute Gasteiger partial charge is 0.490 e. The van der Waals surface area contributed by atoms with E-state index in [-0.39, 0.29) is 5.82 Å². The topological polar surface area (TPSA) is 21.3 Å². The Morgan fingerprint density at radius 3 is 2.70 bits per heavy atom. The first kappa shape index (κ1) is 15.3. The van der Waals surface area contributed by atoms with Crippen molar-refractivity contribution in [2.24, 2.45) is 5.92 Å². The molecular weight excluding hydrogens is 253 g/mol. The van der Waals surface area contributed by atoms with Crippen LogP contribution in [0.25, 0.3) is 0 Å². The van der Waals surface area contributed by atoms with Crippen LogP contribution in [0.2, 0.25) is 0 Å². The van der Waals surface area contributed by atoms with Gasteiger partial charge in [0, 0.05) is 18.2 Å². The molecule has 1 aromatic rings. The molecular formula is C17H26FNO. The Hall–Kier alpha value is -1.09. The molecule has 2 nitrogen and oxygen atoms in total. The fourth-order valence-corrected chi connectivity index (χ4v) is 2.72. The summed E-state index contributed by atoms with van der Waals surface area (Å²) >= 11 is 0. The van der Waals surface area contributed by atoms with Crippen LogP contribution in [-0.2, 0) is 6.54 Å². The zero-order chi connectivity index (χ0) is 14.4. The third kappa shape index (κ3) is 4.48. The van der Waals surface area contributed by atoms with Crippen LogP contribution in [0, 0.1) is 11.7 Å². The van der Waals surface area contributed by atoms with Gasteiger partial charge in [0.05, 0.1) is 6.61 Å². The molecule has 0 aliphatic heterocycles. The molecule has 0 atom stereocenters. The van der Waals surface area contributed by atoms with Crippen molar-refractivity contribution in [2.75, 3.05) is 6.61 Å². The Morgan fingerprint density at radius 1 is 1.25 bits per heavy atom. The SMILES string of the molecule is CC(C)NCc1cccc(F)c1OCC1CCCCC1. The minimum atomic E-state index is -0.246. The average molecular weight is 279 g/mol. The lowest BCUT2D eigenvalue weighted by Gasteiger charge is -2.23. The number of ether oxygens (including phenoxy) is 1. The summed E-state index contributed by atoms with van der Waals surface area (Å²) < 4.78 is 19.8. The summed E-state index contributed by atoms with van der Waals surface area (Å²) in [6.07, 6.45) is 6.34. The van der Waals surface area contributed by atoms with Gasteiger partial charge in [-0.15, -0.1) is 0 Å². The van der Waals surface area contributed by atoms with E-state index in [1.54, 1.807) is 6.07 Å². The summed E-state index contributed by atoms with van der Waals surface area (Å²) in [4.78, 5) is 0. The van der Waals surface area contributed by atoms with Crippen LogP contribution in [0.4, 0.5) is 4.39 Å². The van der Waals surface area contributed by atoms with Crippen LogP contribution in [0.1, 0.15) is 51.5 Å². The summed E-state index contributed by atoms with van der Waals surface area (Å²) in [5.74, 6) is 0.782. The Bertz CT molecular complexity index is 413. The minimum Gasteiger partial charge on any atom is -0.490 e. The van der Waals surface area contributed by atoms with Gasteiger partial charge >= 0.3 is 0 Å². The molecule has 20 heavy (non-hydrogen) atoms. The highest BCUT2D eigenvalue weighted by atomic mass is 19.1. The van der Waals surface area contributed by atoms with Gasteiger partial charge in [-0.05, 0) is 24.8 Å². The van der Waals surface area contributed by atoms with Gasteiger partial charge in [-0.3, -0.25) is 0 Å². The summed E-state index contributed by atoms with van der Waals surface area (Å²) in [5.41, 5.74) is 0.912. The molecule has 0 saturated heterocycles. The van der Waals surface area contributed by atoms with E-state index in [0.29, 0.717) is 30.9 Å². The van der Waals surface area contributed by atoms with Gasteiger partial charge in [-0.2, -0.15) is 0 Å². The van der Waals surface area contributed by atoms with Crippen LogP contribution in [-0.4, -0.2) is 12.6 Å². The van der Waals surface area contributed by atoms with Gasteiger partial charge in [0.1, 0.15) is 0 Å². The Morgan fingerprint density at radius 2 is 2.00 bits per heavy atom. The van der Waals surface area contributed by atoms with E-state index in [0.717, 1.165) is 5.56 Å². The fourth-order valence-electron chi connectivity index (χ4n) is 2.72. The molecule has 1 fully saturated rings. The maximum absolute atomic E-state index is 14.0. The van der Waals surface area contributed by atoms with E-state index in [4.69, 9.17) is 4.74 Å². The highest BCUT2D eigenvalue weighted by molar-refractivity contribution is 5.35. The molecule has 112 valence electrons. The molecule has 0 bridgehead atoms. The Kier molecular flexibility index (Phi) is 5.84. The van der Waals surface area contributed by atoms with Crippen molar-refractivity contribution in [1.82, 2.24) is 5.32 Å². The van der Waals surface area contributed by atoms with Crippen molar-refractivity contribution < 1.29 is 9.13 Å². The number of benzene rings is 1. The second kappa shape index (κ2) is 7.63. The van der Waals surface area contributed by atoms with Crippen molar-refractivity contribution in [2.45, 2.75) is 58.5 Å². The molecule has 0 amide bonds. The molecule has 3 heteroatoms. The average Bonchev–Trinajstić information content (AvgIpc) is 2.45. The molecule has 0 unspecified atom stereocenters. The second-order valence-electron chi connectivity index (χ2n) is 6.08. The number of halogens is 1. The molecule has 1 saturated carbocycles. The van der Waals surface area contributed by atoms with Gasteiger partial charge in [0.2, 0.25) is 0 Å². The van der Waals surface area contributed by atoms with Gasteiger partial charge < -0.3 is 10.1 Å². The number of para-hydroxylation sites is 1. The highest BCUT2D eigenvalue weighted by Crippen LogP contribution is 2.27. The van der Waals surface area contributed by atoms with Crippen LogP contribution in [0.15, 0.2) is 18.2 Å². The third-order valence-corrected chi connectivity index (χ3v) is 3.94. The summed E-state index contributed by atoms with van der Waals surface area (Å²) in [7, 11) is 0. The van der Waals surface area contributed by atoms with Crippen molar-refractivity contribution in [3.63, 3.8) is 0 Å². The molecule has 0 spiro atoms. The zero-order valence-electron chi connectivity index (χ0n) is 12.6. The Labute approximate surface area is 121 Å². The van der Waals surface area contributed by atoms with Crippen molar-refractivity contribution >= 4 is 0 Å². The molecule has 1 aliphatic rings. The van der Waals surface area contributed by atoms with E-state index in [1.165, 1.54) is 38.2 Å². The lowest BCUT2D eigenvalue weighted by molar-refractivity contribution is 0.200. The summed E-state index contributed by atoms with van der Waals surface area (Å²) in [5, 5.41) is 3.32. The van der Waals surface area contributed by atoms with Crippen molar-refractivity contribution in [3.05, 3.63) is 29.6 Å². The standard InChI is InChI=1S/C17H26FNO/c1-13(2)19-11-15-9-6-10-16(18)17(15)20-12-14-7-4-3-5-8-14/h6,9-10,13-14,19H,3-5,7-8,11-12H2,1-2H3. The molecule has 0 aromatic heterocycles. The monoisotopic (exact) mass is 279 g/mol. The molecule has 2 rings (SSSR count). The predicted molar refractivity (Wildman–Crippen MR) is 80.4 cm³/mol. The van der Waals surface area contributed by atoms with Crippen molar-refractivity contribution in [1.29, 1.82) is 0 Å². The quantitative estimate of drug-likeness (QED) is 0.839. The molecule has 1 N–H and O–H groups in total. The lowest BCUT2D eigenvalue weighted by Crippen LogP contribution is -2.23. The van der Waals surface area contributed by atoms with Crippen LogP contribution in [0.3, 0.4) is 0 Å². The first-order valence-electron chi connectivity index (χ1n) is 7.80. The molecule has 1 aromatic carbocycles. The van der Waals surface area contributed by atoms with Gasteiger partial charge in [-0.1, -0.05) is 45.2 Å². The van der Waals surface area contributed by atoms with Crippen LogP contribution in [0.5, 0.6) is 5.75 Å². The van der Waals surface area contributed by atoms with E-state index < -0.39 is 0 Å². The molecule has 1 aliphatic carbocycles. The second-order valence-corrected chi connectivity index (χ2v) is 6.08. The lowest BCUT2D eigenvalue weighted by atomic mass is 9.90. The number of hydrogen-bond donors (Lipinski definition) is 1. The maximum atomic E-state index is 14.0. The first-order chi connectivity index (χ1) is 9.66. The number of hydrogen-bond acceptors (Lipinski definition) is 2. The number of rotatable bonds is 6. The number of nitrogens with one attached hydrogen (secondary N) is 1. The Balaban J connectivity index is 1.97.